The molecule has 2 aromatic carbocycles. The average Bonchev–Trinajstić information content (AvgIpc) is 3.01. The molecule has 24 heavy (non-hydrogen) atoms. The van der Waals surface area contributed by atoms with E-state index in [1.165, 1.54) is 0 Å². The molecule has 6 nitrogen and oxygen atoms in total. The first-order chi connectivity index (χ1) is 11.7. The quantitative estimate of drug-likeness (QED) is 0.614. The van der Waals surface area contributed by atoms with Gasteiger partial charge in [-0.2, -0.15) is 4.98 Å². The Hall–Kier alpha value is -3.28. The standard InChI is InChI=1S/C18H15N5O/c1-11-10-12(2)20-17(19-11)22-18-21-16(24-23-18)15-9-5-7-13-6-3-4-8-14(13)15/h3-10H,1-2H3,(H,19,20,22,23). The van der Waals surface area contributed by atoms with Gasteiger partial charge in [0.2, 0.25) is 5.95 Å². The van der Waals surface area contributed by atoms with Crippen molar-refractivity contribution in [3.05, 3.63) is 59.9 Å². The molecule has 4 aromatic rings. The summed E-state index contributed by atoms with van der Waals surface area (Å²) in [5.41, 5.74) is 2.65. The van der Waals surface area contributed by atoms with Crippen LogP contribution in [0.25, 0.3) is 22.2 Å². The Morgan fingerprint density at radius 2 is 1.58 bits per heavy atom. The van der Waals surface area contributed by atoms with Crippen molar-refractivity contribution in [2.45, 2.75) is 13.8 Å². The van der Waals surface area contributed by atoms with Gasteiger partial charge in [-0.3, -0.25) is 5.32 Å². The minimum Gasteiger partial charge on any atom is -0.332 e. The summed E-state index contributed by atoms with van der Waals surface area (Å²) >= 11 is 0. The highest BCUT2D eigenvalue weighted by atomic mass is 16.5. The van der Waals surface area contributed by atoms with Gasteiger partial charge in [-0.05, 0) is 41.9 Å². The van der Waals surface area contributed by atoms with Crippen LogP contribution in [0.5, 0.6) is 0 Å². The Kier molecular flexibility index (Phi) is 3.42. The normalized spacial score (nSPS) is 10.9. The van der Waals surface area contributed by atoms with E-state index in [1.54, 1.807) is 0 Å². The molecule has 0 radical (unpaired) electrons. The van der Waals surface area contributed by atoms with E-state index in [0.717, 1.165) is 27.7 Å². The molecule has 0 unspecified atom stereocenters. The number of benzene rings is 2. The smallest absolute Gasteiger partial charge is 0.270 e. The molecule has 6 heteroatoms. The second-order valence-corrected chi connectivity index (χ2v) is 5.55. The molecule has 118 valence electrons. The third-order valence-corrected chi connectivity index (χ3v) is 3.65. The van der Waals surface area contributed by atoms with E-state index >= 15 is 0 Å². The van der Waals surface area contributed by atoms with Crippen molar-refractivity contribution in [1.82, 2.24) is 20.1 Å². The SMILES string of the molecule is Cc1cc(C)nc(Nc2noc(-c3cccc4ccccc34)n2)n1. The lowest BCUT2D eigenvalue weighted by molar-refractivity contribution is 0.433. The molecule has 0 atom stereocenters. The maximum absolute atomic E-state index is 5.41. The Morgan fingerprint density at radius 1 is 0.833 bits per heavy atom. The van der Waals surface area contributed by atoms with Gasteiger partial charge in [-0.25, -0.2) is 9.97 Å². The fraction of sp³-hybridized carbons (Fsp3) is 0.111. The van der Waals surface area contributed by atoms with E-state index in [2.05, 4.69) is 37.6 Å². The molecule has 0 fully saturated rings. The van der Waals surface area contributed by atoms with Gasteiger partial charge in [0, 0.05) is 17.0 Å². The lowest BCUT2D eigenvalue weighted by atomic mass is 10.0. The fourth-order valence-electron chi connectivity index (χ4n) is 2.68. The van der Waals surface area contributed by atoms with Crippen molar-refractivity contribution in [3.63, 3.8) is 0 Å². The number of rotatable bonds is 3. The van der Waals surface area contributed by atoms with E-state index in [0.29, 0.717) is 17.8 Å². The van der Waals surface area contributed by atoms with Gasteiger partial charge < -0.3 is 4.52 Å². The monoisotopic (exact) mass is 317 g/mol. The van der Waals surface area contributed by atoms with Crippen LogP contribution in [-0.4, -0.2) is 20.1 Å². The van der Waals surface area contributed by atoms with Crippen molar-refractivity contribution in [2.24, 2.45) is 0 Å². The highest BCUT2D eigenvalue weighted by Crippen LogP contribution is 2.28. The molecule has 0 saturated carbocycles. The summed E-state index contributed by atoms with van der Waals surface area (Å²) in [6.07, 6.45) is 0. The van der Waals surface area contributed by atoms with Crippen LogP contribution in [0.2, 0.25) is 0 Å². The summed E-state index contributed by atoms with van der Waals surface area (Å²) in [7, 11) is 0. The molecule has 0 amide bonds. The second kappa shape index (κ2) is 5.73. The highest BCUT2D eigenvalue weighted by molar-refractivity contribution is 5.94. The van der Waals surface area contributed by atoms with Gasteiger partial charge in [-0.15, -0.1) is 0 Å². The maximum Gasteiger partial charge on any atom is 0.270 e. The zero-order valence-corrected chi connectivity index (χ0v) is 13.3. The lowest BCUT2D eigenvalue weighted by Crippen LogP contribution is -2.01. The number of hydrogen-bond acceptors (Lipinski definition) is 6. The molecule has 0 bridgehead atoms. The van der Waals surface area contributed by atoms with Crippen LogP contribution in [-0.2, 0) is 0 Å². The van der Waals surface area contributed by atoms with Crippen LogP contribution in [0.4, 0.5) is 11.9 Å². The van der Waals surface area contributed by atoms with Gasteiger partial charge >= 0.3 is 0 Å². The minimum absolute atomic E-state index is 0.336. The molecule has 1 N–H and O–H groups in total. The van der Waals surface area contributed by atoms with Gasteiger partial charge in [-0.1, -0.05) is 36.4 Å². The number of hydrogen-bond donors (Lipinski definition) is 1. The third-order valence-electron chi connectivity index (χ3n) is 3.65. The summed E-state index contributed by atoms with van der Waals surface area (Å²) in [4.78, 5) is 13.1. The van der Waals surface area contributed by atoms with Gasteiger partial charge in [0.1, 0.15) is 0 Å². The van der Waals surface area contributed by atoms with Crippen molar-refractivity contribution in [2.75, 3.05) is 5.32 Å². The van der Waals surface area contributed by atoms with Crippen LogP contribution >= 0.6 is 0 Å². The predicted octanol–water partition coefficient (Wildman–Crippen LogP) is 4.04. The molecule has 2 heterocycles. The Morgan fingerprint density at radius 3 is 2.42 bits per heavy atom. The summed E-state index contributed by atoms with van der Waals surface area (Å²) in [5.74, 6) is 1.25. The molecule has 0 saturated heterocycles. The van der Waals surface area contributed by atoms with Crippen molar-refractivity contribution in [3.8, 4) is 11.5 Å². The first kappa shape index (κ1) is 14.3. The number of nitrogens with zero attached hydrogens (tertiary/aromatic N) is 4. The lowest BCUT2D eigenvalue weighted by Gasteiger charge is -2.02. The topological polar surface area (TPSA) is 76.7 Å². The highest BCUT2D eigenvalue weighted by Gasteiger charge is 2.12. The zero-order chi connectivity index (χ0) is 16.5. The number of aromatic nitrogens is 4. The number of aryl methyl sites for hydroxylation is 2. The van der Waals surface area contributed by atoms with Gasteiger partial charge in [0.15, 0.2) is 0 Å². The van der Waals surface area contributed by atoms with Gasteiger partial charge in [0.25, 0.3) is 11.8 Å². The molecule has 2 aromatic heterocycles. The molecule has 0 spiro atoms. The van der Waals surface area contributed by atoms with E-state index < -0.39 is 0 Å². The van der Waals surface area contributed by atoms with Crippen LogP contribution < -0.4 is 5.32 Å². The largest absolute Gasteiger partial charge is 0.332 e. The van der Waals surface area contributed by atoms with Gasteiger partial charge in [0.05, 0.1) is 0 Å². The average molecular weight is 317 g/mol. The summed E-state index contributed by atoms with van der Waals surface area (Å²) in [5, 5.41) is 9.16. The molecule has 0 aliphatic heterocycles. The third kappa shape index (κ3) is 2.69. The summed E-state index contributed by atoms with van der Waals surface area (Å²) in [6.45, 7) is 3.83. The first-order valence-corrected chi connectivity index (χ1v) is 7.60. The summed E-state index contributed by atoms with van der Waals surface area (Å²) in [6, 6.07) is 16.0. The zero-order valence-electron chi connectivity index (χ0n) is 13.3. The Labute approximate surface area is 138 Å². The molecule has 0 aliphatic rings. The van der Waals surface area contributed by atoms with Crippen LogP contribution in [0.1, 0.15) is 11.4 Å². The van der Waals surface area contributed by atoms with Crippen LogP contribution in [0.15, 0.2) is 53.1 Å². The second-order valence-electron chi connectivity index (χ2n) is 5.55. The first-order valence-electron chi connectivity index (χ1n) is 7.60. The van der Waals surface area contributed by atoms with E-state index in [-0.39, 0.29) is 0 Å². The number of nitrogens with one attached hydrogen (secondary N) is 1. The predicted molar refractivity (Wildman–Crippen MR) is 92.0 cm³/mol. The summed E-state index contributed by atoms with van der Waals surface area (Å²) < 4.78 is 5.41. The van der Waals surface area contributed by atoms with Crippen molar-refractivity contribution < 1.29 is 4.52 Å². The Bertz CT molecular complexity index is 999. The molecule has 4 rings (SSSR count). The van der Waals surface area contributed by atoms with E-state index in [9.17, 15) is 0 Å². The minimum atomic E-state index is 0.336. The molecule has 0 aliphatic carbocycles. The molecular formula is C18H15N5O. The molecular weight excluding hydrogens is 302 g/mol. The van der Waals surface area contributed by atoms with E-state index in [4.69, 9.17) is 4.52 Å². The maximum atomic E-state index is 5.41. The number of anilines is 2. The fourth-order valence-corrected chi connectivity index (χ4v) is 2.68. The van der Waals surface area contributed by atoms with Crippen molar-refractivity contribution in [1.29, 1.82) is 0 Å². The van der Waals surface area contributed by atoms with Crippen molar-refractivity contribution >= 4 is 22.7 Å². The van der Waals surface area contributed by atoms with E-state index in [1.807, 2.05) is 50.2 Å². The number of fused-ring (bicyclic) bond motifs is 1. The van der Waals surface area contributed by atoms with Crippen LogP contribution in [0.3, 0.4) is 0 Å². The van der Waals surface area contributed by atoms with Crippen LogP contribution in [0, 0.1) is 13.8 Å². The Balaban J connectivity index is 1.69.